The number of aryl methyl sites for hydroxylation is 1. The van der Waals surface area contributed by atoms with Crippen LogP contribution in [0.2, 0.25) is 0 Å². The van der Waals surface area contributed by atoms with Gasteiger partial charge in [-0.1, -0.05) is 54.4 Å². The van der Waals surface area contributed by atoms with Crippen molar-refractivity contribution in [1.82, 2.24) is 9.78 Å². The molecule has 1 heterocycles. The first-order chi connectivity index (χ1) is 17.0. The first-order valence-corrected chi connectivity index (χ1v) is 12.2. The Kier molecular flexibility index (Phi) is 6.49. The number of aromatic nitrogens is 2. The molecule has 2 fully saturated rings. The quantitative estimate of drug-likeness (QED) is 0.525. The molecule has 0 spiro atoms. The number of nitrogens with zero attached hydrogens (tertiary/aromatic N) is 2. The van der Waals surface area contributed by atoms with Crippen LogP contribution in [-0.4, -0.2) is 34.0 Å². The molecule has 1 N–H and O–H groups in total. The molecule has 2 aromatic carbocycles. The number of nitrogens with one attached hydrogen (secondary N) is 1. The standard InChI is InChI=1S/C28H29N3O4/c1-18-10-12-19(13-11-18)24-16-25(31(30-24)23-8-3-2-4-9-23)29-26(32)17-35-28(34)22-14-20-6-5-7-21(15-22)27(20)33/h2-4,8-13,16,20-22H,5-7,14-15,17H2,1H3,(H,29,32). The number of amides is 1. The predicted octanol–water partition coefficient (Wildman–Crippen LogP) is 4.72. The Morgan fingerprint density at radius 1 is 1.03 bits per heavy atom. The van der Waals surface area contributed by atoms with Crippen LogP contribution >= 0.6 is 0 Å². The van der Waals surface area contributed by atoms with Crippen LogP contribution < -0.4 is 5.32 Å². The Bertz CT molecular complexity index is 1220. The molecule has 7 heteroatoms. The second-order valence-electron chi connectivity index (χ2n) is 9.58. The molecule has 35 heavy (non-hydrogen) atoms. The molecular weight excluding hydrogens is 442 g/mol. The summed E-state index contributed by atoms with van der Waals surface area (Å²) in [5.74, 6) is -0.399. The molecule has 2 aliphatic rings. The second-order valence-corrected chi connectivity index (χ2v) is 9.58. The highest BCUT2D eigenvalue weighted by Gasteiger charge is 2.41. The van der Waals surface area contributed by atoms with Gasteiger partial charge in [-0.25, -0.2) is 4.68 Å². The first kappa shape index (κ1) is 23.0. The van der Waals surface area contributed by atoms with Crippen LogP contribution in [-0.2, 0) is 19.1 Å². The minimum atomic E-state index is -0.432. The fourth-order valence-corrected chi connectivity index (χ4v) is 5.21. The van der Waals surface area contributed by atoms with E-state index in [2.05, 4.69) is 5.32 Å². The smallest absolute Gasteiger partial charge is 0.309 e. The number of rotatable bonds is 6. The monoisotopic (exact) mass is 471 g/mol. The summed E-state index contributed by atoms with van der Waals surface area (Å²) < 4.78 is 7.04. The molecule has 0 aliphatic heterocycles. The Morgan fingerprint density at radius 3 is 2.40 bits per heavy atom. The van der Waals surface area contributed by atoms with E-state index < -0.39 is 5.91 Å². The van der Waals surface area contributed by atoms with E-state index >= 15 is 0 Å². The van der Waals surface area contributed by atoms with E-state index in [-0.39, 0.29) is 30.3 Å². The zero-order chi connectivity index (χ0) is 24.4. The zero-order valence-electron chi connectivity index (χ0n) is 19.8. The third-order valence-corrected chi connectivity index (χ3v) is 7.05. The lowest BCUT2D eigenvalue weighted by Crippen LogP contribution is -2.40. The van der Waals surface area contributed by atoms with Gasteiger partial charge in [0.05, 0.1) is 17.3 Å². The molecule has 5 rings (SSSR count). The van der Waals surface area contributed by atoms with Gasteiger partial charge in [0.25, 0.3) is 5.91 Å². The fraction of sp³-hybridized carbons (Fsp3) is 0.357. The average molecular weight is 472 g/mol. The molecule has 2 unspecified atom stereocenters. The molecule has 180 valence electrons. The summed E-state index contributed by atoms with van der Waals surface area (Å²) in [7, 11) is 0. The lowest BCUT2D eigenvalue weighted by Gasteiger charge is -2.36. The van der Waals surface area contributed by atoms with Gasteiger partial charge < -0.3 is 10.1 Å². The summed E-state index contributed by atoms with van der Waals surface area (Å²) in [5, 5.41) is 7.55. The minimum Gasteiger partial charge on any atom is -0.455 e. The van der Waals surface area contributed by atoms with Crippen LogP contribution in [0.3, 0.4) is 0 Å². The normalized spacial score (nSPS) is 21.4. The number of benzene rings is 2. The highest BCUT2D eigenvalue weighted by molar-refractivity contribution is 5.93. The Hall–Kier alpha value is -3.74. The van der Waals surface area contributed by atoms with E-state index in [1.54, 1.807) is 4.68 Å². The molecular formula is C28H29N3O4. The first-order valence-electron chi connectivity index (χ1n) is 12.2. The molecule has 0 saturated heterocycles. The van der Waals surface area contributed by atoms with Gasteiger partial charge in [-0.3, -0.25) is 14.4 Å². The Labute approximate surface area is 204 Å². The largest absolute Gasteiger partial charge is 0.455 e. The lowest BCUT2D eigenvalue weighted by molar-refractivity contribution is -0.155. The van der Waals surface area contributed by atoms with Crippen molar-refractivity contribution >= 4 is 23.5 Å². The summed E-state index contributed by atoms with van der Waals surface area (Å²) in [6, 6.07) is 19.4. The summed E-state index contributed by atoms with van der Waals surface area (Å²) in [5.41, 5.74) is 3.61. The van der Waals surface area contributed by atoms with Crippen molar-refractivity contribution in [2.24, 2.45) is 17.8 Å². The number of carbonyl (C=O) groups is 3. The highest BCUT2D eigenvalue weighted by atomic mass is 16.5. The van der Waals surface area contributed by atoms with Gasteiger partial charge >= 0.3 is 5.97 Å². The average Bonchev–Trinajstić information content (AvgIpc) is 3.27. The maximum Gasteiger partial charge on any atom is 0.309 e. The van der Waals surface area contributed by atoms with Crippen molar-refractivity contribution in [3.63, 3.8) is 0 Å². The van der Waals surface area contributed by atoms with Gasteiger partial charge in [0.2, 0.25) is 0 Å². The van der Waals surface area contributed by atoms with Gasteiger partial charge in [0.15, 0.2) is 6.61 Å². The molecule has 2 aliphatic carbocycles. The van der Waals surface area contributed by atoms with E-state index in [9.17, 15) is 14.4 Å². The molecule has 3 aromatic rings. The third-order valence-electron chi connectivity index (χ3n) is 7.05. The minimum absolute atomic E-state index is 0.0331. The van der Waals surface area contributed by atoms with E-state index in [0.29, 0.717) is 24.4 Å². The number of ether oxygens (including phenoxy) is 1. The van der Waals surface area contributed by atoms with Crippen LogP contribution in [0.5, 0.6) is 0 Å². The maximum absolute atomic E-state index is 12.7. The Balaban J connectivity index is 1.27. The zero-order valence-corrected chi connectivity index (χ0v) is 19.8. The lowest BCUT2D eigenvalue weighted by atomic mass is 9.67. The second kappa shape index (κ2) is 9.86. The number of ketones is 1. The van der Waals surface area contributed by atoms with Gasteiger partial charge in [-0.05, 0) is 44.7 Å². The number of fused-ring (bicyclic) bond motifs is 2. The van der Waals surface area contributed by atoms with Crippen LogP contribution in [0.1, 0.15) is 37.7 Å². The molecule has 2 atom stereocenters. The number of para-hydroxylation sites is 1. The molecule has 1 amide bonds. The number of hydrogen-bond acceptors (Lipinski definition) is 5. The van der Waals surface area contributed by atoms with Gasteiger partial charge in [0, 0.05) is 23.5 Å². The molecule has 0 radical (unpaired) electrons. The maximum atomic E-state index is 12.7. The highest BCUT2D eigenvalue weighted by Crippen LogP contribution is 2.40. The SMILES string of the molecule is Cc1ccc(-c2cc(NC(=O)COC(=O)C3CC4CCCC(C3)C4=O)n(-c3ccccc3)n2)cc1. The fourth-order valence-electron chi connectivity index (χ4n) is 5.21. The number of hydrogen-bond donors (Lipinski definition) is 1. The van der Waals surface area contributed by atoms with Crippen molar-refractivity contribution in [3.8, 4) is 16.9 Å². The van der Waals surface area contributed by atoms with Gasteiger partial charge in [-0.2, -0.15) is 5.10 Å². The summed E-state index contributed by atoms with van der Waals surface area (Å²) in [6.45, 7) is 1.65. The molecule has 2 saturated carbocycles. The van der Waals surface area contributed by atoms with Gasteiger partial charge in [0.1, 0.15) is 11.6 Å². The van der Waals surface area contributed by atoms with E-state index in [1.165, 1.54) is 0 Å². The van der Waals surface area contributed by atoms with Crippen molar-refractivity contribution in [2.75, 3.05) is 11.9 Å². The van der Waals surface area contributed by atoms with Crippen LogP contribution in [0, 0.1) is 24.7 Å². The number of carbonyl (C=O) groups excluding carboxylic acids is 3. The third kappa shape index (κ3) is 5.04. The van der Waals surface area contributed by atoms with Crippen molar-refractivity contribution in [3.05, 3.63) is 66.2 Å². The number of anilines is 1. The van der Waals surface area contributed by atoms with E-state index in [0.717, 1.165) is 41.8 Å². The van der Waals surface area contributed by atoms with Crippen molar-refractivity contribution in [2.45, 2.75) is 39.0 Å². The topological polar surface area (TPSA) is 90.3 Å². The predicted molar refractivity (Wildman–Crippen MR) is 132 cm³/mol. The molecule has 7 nitrogen and oxygen atoms in total. The Morgan fingerprint density at radius 2 is 1.71 bits per heavy atom. The molecule has 1 aromatic heterocycles. The van der Waals surface area contributed by atoms with Crippen LogP contribution in [0.25, 0.3) is 16.9 Å². The van der Waals surface area contributed by atoms with E-state index in [4.69, 9.17) is 9.84 Å². The molecule has 2 bridgehead atoms. The van der Waals surface area contributed by atoms with Crippen LogP contribution in [0.4, 0.5) is 5.82 Å². The van der Waals surface area contributed by atoms with Crippen molar-refractivity contribution < 1.29 is 19.1 Å². The van der Waals surface area contributed by atoms with Crippen molar-refractivity contribution in [1.29, 1.82) is 0 Å². The van der Waals surface area contributed by atoms with Crippen LogP contribution in [0.15, 0.2) is 60.7 Å². The summed E-state index contributed by atoms with van der Waals surface area (Å²) in [6.07, 6.45) is 3.83. The van der Waals surface area contributed by atoms with E-state index in [1.807, 2.05) is 67.6 Å². The number of esters is 1. The summed E-state index contributed by atoms with van der Waals surface area (Å²) in [4.78, 5) is 37.7. The number of Topliss-reactive ketones (excluding diaryl/α,β-unsaturated/α-hetero) is 1. The summed E-state index contributed by atoms with van der Waals surface area (Å²) >= 11 is 0. The van der Waals surface area contributed by atoms with Gasteiger partial charge in [-0.15, -0.1) is 0 Å².